The molecule has 2 aromatic heterocycles. The van der Waals surface area contributed by atoms with Crippen LogP contribution in [0.15, 0.2) is 59.4 Å². The van der Waals surface area contributed by atoms with Gasteiger partial charge in [-0.25, -0.2) is 4.98 Å². The van der Waals surface area contributed by atoms with Gasteiger partial charge in [0.05, 0.1) is 26.8 Å². The fraction of sp³-hybridized carbons (Fsp3) is 0.300. The molecule has 0 bridgehead atoms. The average molecular weight is 601 g/mol. The average Bonchev–Trinajstić information content (AvgIpc) is 2.88. The summed E-state index contributed by atoms with van der Waals surface area (Å²) in [4.78, 5) is 33.7. The van der Waals surface area contributed by atoms with E-state index in [0.717, 1.165) is 35.8 Å². The molecule has 0 N–H and O–H groups in total. The Morgan fingerprint density at radius 3 is 2.18 bits per heavy atom. The van der Waals surface area contributed by atoms with Gasteiger partial charge in [-0.05, 0) is 87.9 Å². The number of hydrogen-bond donors (Lipinski definition) is 0. The summed E-state index contributed by atoms with van der Waals surface area (Å²) in [6.45, 7) is 8.03. The van der Waals surface area contributed by atoms with Crippen LogP contribution < -0.4 is 10.9 Å². The number of rotatable bonds is 4. The Hall–Kier alpha value is -2.27. The first-order valence-electron chi connectivity index (χ1n) is 12.7. The van der Waals surface area contributed by atoms with Crippen LogP contribution in [-0.2, 0) is 10.2 Å². The lowest BCUT2D eigenvalue weighted by atomic mass is 9.75. The van der Waals surface area contributed by atoms with Gasteiger partial charge in [0, 0.05) is 27.6 Å². The number of aromatic nitrogens is 2. The van der Waals surface area contributed by atoms with Crippen LogP contribution in [0.3, 0.4) is 0 Å². The molecule has 0 amide bonds. The molecule has 1 fully saturated rings. The van der Waals surface area contributed by atoms with E-state index >= 15 is 0 Å². The molecule has 9 heteroatoms. The number of aldehydes is 1. The van der Waals surface area contributed by atoms with Gasteiger partial charge >= 0.3 is 0 Å². The first-order valence-corrected chi connectivity index (χ1v) is 14.4. The number of benzene rings is 2. The fourth-order valence-corrected chi connectivity index (χ4v) is 6.59. The number of piperidine rings is 1. The number of para-hydroxylation sites is 1. The quantitative estimate of drug-likeness (QED) is 0.190. The number of fused-ring (bicyclic) bond motifs is 1. The van der Waals surface area contributed by atoms with Gasteiger partial charge in [-0.15, -0.1) is 9.24 Å². The van der Waals surface area contributed by atoms with E-state index in [1.54, 1.807) is 24.3 Å². The maximum atomic E-state index is 13.4. The Labute approximate surface area is 245 Å². The Morgan fingerprint density at radius 2 is 1.59 bits per heavy atom. The molecule has 5 nitrogen and oxygen atoms in total. The minimum atomic E-state index is -0.821. The summed E-state index contributed by atoms with van der Waals surface area (Å²) in [7, 11) is 2.65. The molecular weight excluding hydrogens is 572 g/mol. The van der Waals surface area contributed by atoms with Crippen molar-refractivity contribution in [2.75, 3.05) is 13.1 Å². The second-order valence-corrected chi connectivity index (χ2v) is 12.9. The lowest BCUT2D eigenvalue weighted by Crippen LogP contribution is -2.51. The van der Waals surface area contributed by atoms with Crippen molar-refractivity contribution < 1.29 is 4.79 Å². The lowest BCUT2D eigenvalue weighted by molar-refractivity contribution is -0.115. The fourth-order valence-electron chi connectivity index (χ4n) is 5.37. The zero-order valence-corrected chi connectivity index (χ0v) is 25.4. The second kappa shape index (κ2) is 10.6. The molecule has 39 heavy (non-hydrogen) atoms. The van der Waals surface area contributed by atoms with E-state index in [0.29, 0.717) is 50.3 Å². The molecule has 0 spiro atoms. The Morgan fingerprint density at radius 1 is 0.923 bits per heavy atom. The van der Waals surface area contributed by atoms with Gasteiger partial charge in [-0.2, -0.15) is 0 Å². The highest BCUT2D eigenvalue weighted by Crippen LogP contribution is 2.41. The molecule has 1 aliphatic heterocycles. The van der Waals surface area contributed by atoms with Crippen molar-refractivity contribution in [3.05, 3.63) is 85.7 Å². The van der Waals surface area contributed by atoms with Crippen LogP contribution in [0.1, 0.15) is 39.3 Å². The third-order valence-electron chi connectivity index (χ3n) is 7.65. The van der Waals surface area contributed by atoms with E-state index in [4.69, 9.17) is 39.8 Å². The molecule has 2 aromatic carbocycles. The largest absolute Gasteiger partial charge is 0.302 e. The topological polar surface area (TPSA) is 55.2 Å². The molecular formula is C30H29Cl3N3O2P. The number of carbonyl (C=O) groups is 1. The standard InChI is InChI=1S/C30H29Cl3N3O2P/c1-29(2,3)35-13-11-30(17-37,12-14-35)25-16-21(19-8-7-18(39)15-24(19)33)20-9-10-26(38)36(28(20)34-25)27-22(31)5-4-6-23(27)32/h4-10,15-17H,11-14,39H2,1-3H3. The summed E-state index contributed by atoms with van der Waals surface area (Å²) < 4.78 is 1.44. The smallest absolute Gasteiger partial charge is 0.256 e. The molecule has 0 aliphatic carbocycles. The SMILES string of the molecule is CC(C)(C)N1CCC(C=O)(c2cc(-c3ccc(P)cc3Cl)c3ccc(=O)n(-c4c(Cl)cccc4Cl)c3n2)CC1. The monoisotopic (exact) mass is 599 g/mol. The predicted molar refractivity (Wildman–Crippen MR) is 165 cm³/mol. The first kappa shape index (κ1) is 28.3. The summed E-state index contributed by atoms with van der Waals surface area (Å²) in [5, 5.41) is 2.83. The summed E-state index contributed by atoms with van der Waals surface area (Å²) in [5.41, 5.74) is 1.72. The number of halogens is 3. The Kier molecular flexibility index (Phi) is 7.69. The molecule has 1 unspecified atom stereocenters. The first-order chi connectivity index (χ1) is 18.4. The number of likely N-dealkylation sites (tertiary alicyclic amines) is 1. The minimum Gasteiger partial charge on any atom is -0.302 e. The van der Waals surface area contributed by atoms with Crippen molar-refractivity contribution in [3.8, 4) is 16.8 Å². The van der Waals surface area contributed by atoms with Crippen molar-refractivity contribution in [2.45, 2.75) is 44.6 Å². The molecule has 5 rings (SSSR count). The zero-order valence-electron chi connectivity index (χ0n) is 22.0. The molecule has 4 aromatic rings. The van der Waals surface area contributed by atoms with Crippen molar-refractivity contribution in [2.24, 2.45) is 0 Å². The van der Waals surface area contributed by atoms with Crippen LogP contribution in [0, 0.1) is 0 Å². The van der Waals surface area contributed by atoms with Gasteiger partial charge in [-0.3, -0.25) is 14.3 Å². The van der Waals surface area contributed by atoms with E-state index < -0.39 is 5.41 Å². The summed E-state index contributed by atoms with van der Waals surface area (Å²) >= 11 is 19.9. The molecule has 0 radical (unpaired) electrons. The van der Waals surface area contributed by atoms with Crippen molar-refractivity contribution in [1.82, 2.24) is 14.5 Å². The predicted octanol–water partition coefficient (Wildman–Crippen LogP) is 6.84. The van der Waals surface area contributed by atoms with Crippen molar-refractivity contribution >= 4 is 66.7 Å². The highest BCUT2D eigenvalue weighted by molar-refractivity contribution is 7.27. The highest BCUT2D eigenvalue weighted by Gasteiger charge is 2.40. The van der Waals surface area contributed by atoms with Crippen LogP contribution in [0.5, 0.6) is 0 Å². The second-order valence-electron chi connectivity index (χ2n) is 11.0. The van der Waals surface area contributed by atoms with Gasteiger partial charge in [0.1, 0.15) is 11.9 Å². The lowest BCUT2D eigenvalue weighted by Gasteiger charge is -2.44. The molecule has 1 saturated heterocycles. The van der Waals surface area contributed by atoms with Gasteiger partial charge in [0.25, 0.3) is 5.56 Å². The zero-order chi connectivity index (χ0) is 28.1. The summed E-state index contributed by atoms with van der Waals surface area (Å²) in [5.74, 6) is 0. The Bertz CT molecular complexity index is 1630. The van der Waals surface area contributed by atoms with E-state index in [2.05, 4.69) is 34.9 Å². The Balaban J connectivity index is 1.84. The molecule has 202 valence electrons. The third kappa shape index (κ3) is 5.16. The van der Waals surface area contributed by atoms with E-state index in [1.165, 1.54) is 10.6 Å². The molecule has 3 heterocycles. The van der Waals surface area contributed by atoms with Crippen molar-refractivity contribution in [1.29, 1.82) is 0 Å². The summed E-state index contributed by atoms with van der Waals surface area (Å²) in [6.07, 6.45) is 2.23. The number of carbonyl (C=O) groups excluding carboxylic acids is 1. The number of pyridine rings is 2. The normalized spacial score (nSPS) is 16.0. The summed E-state index contributed by atoms with van der Waals surface area (Å²) in [6, 6.07) is 16.0. The molecule has 1 atom stereocenters. The van der Waals surface area contributed by atoms with E-state index in [-0.39, 0.29) is 11.1 Å². The third-order valence-corrected chi connectivity index (χ3v) is 8.93. The number of hydrogen-bond acceptors (Lipinski definition) is 4. The van der Waals surface area contributed by atoms with E-state index in [9.17, 15) is 9.59 Å². The number of nitrogens with zero attached hydrogens (tertiary/aromatic N) is 3. The van der Waals surface area contributed by atoms with Gasteiger partial charge in [-0.1, -0.05) is 53.0 Å². The molecule has 0 saturated carbocycles. The van der Waals surface area contributed by atoms with Gasteiger partial charge in [0.15, 0.2) is 0 Å². The van der Waals surface area contributed by atoms with Crippen LogP contribution in [0.25, 0.3) is 27.8 Å². The van der Waals surface area contributed by atoms with Gasteiger partial charge < -0.3 is 4.79 Å². The maximum absolute atomic E-state index is 13.4. The highest BCUT2D eigenvalue weighted by atomic mass is 35.5. The van der Waals surface area contributed by atoms with Crippen LogP contribution in [0.4, 0.5) is 0 Å². The van der Waals surface area contributed by atoms with E-state index in [1.807, 2.05) is 24.3 Å². The van der Waals surface area contributed by atoms with Crippen LogP contribution in [0.2, 0.25) is 15.1 Å². The van der Waals surface area contributed by atoms with Gasteiger partial charge in [0.2, 0.25) is 0 Å². The molecule has 1 aliphatic rings. The minimum absolute atomic E-state index is 0.00819. The van der Waals surface area contributed by atoms with Crippen molar-refractivity contribution in [3.63, 3.8) is 0 Å². The van der Waals surface area contributed by atoms with Crippen LogP contribution in [-0.4, -0.2) is 39.4 Å². The van der Waals surface area contributed by atoms with Crippen LogP contribution >= 0.6 is 44.0 Å². The maximum Gasteiger partial charge on any atom is 0.256 e.